The van der Waals surface area contributed by atoms with E-state index < -0.39 is 5.97 Å². The zero-order valence-electron chi connectivity index (χ0n) is 11.7. The molecule has 4 nitrogen and oxygen atoms in total. The number of rotatable bonds is 5. The Bertz CT molecular complexity index is 652. The first-order valence-electron chi connectivity index (χ1n) is 6.23. The molecule has 21 heavy (non-hydrogen) atoms. The van der Waals surface area contributed by atoms with Gasteiger partial charge in [0, 0.05) is 13.6 Å². The maximum Gasteiger partial charge on any atom is 0.345 e. The molecule has 0 bridgehead atoms. The molecule has 2 aromatic rings. The van der Waals surface area contributed by atoms with Crippen LogP contribution in [0.4, 0.5) is 0 Å². The molecular formula is C15H15NO3S2. The molecular weight excluding hydrogens is 306 g/mol. The van der Waals surface area contributed by atoms with Crippen molar-refractivity contribution in [3.8, 4) is 0 Å². The van der Waals surface area contributed by atoms with E-state index in [0.717, 1.165) is 21.1 Å². The molecule has 6 heteroatoms. The van der Waals surface area contributed by atoms with Gasteiger partial charge < -0.3 is 10.0 Å². The number of hydrogen-bond donors (Lipinski definition) is 1. The van der Waals surface area contributed by atoms with Gasteiger partial charge in [-0.3, -0.25) is 4.79 Å². The van der Waals surface area contributed by atoms with Crippen molar-refractivity contribution < 1.29 is 14.7 Å². The van der Waals surface area contributed by atoms with Gasteiger partial charge in [-0.2, -0.15) is 0 Å². The van der Waals surface area contributed by atoms with Crippen LogP contribution in [0, 0.1) is 0 Å². The number of carboxylic acid groups (broad SMARTS) is 1. The Morgan fingerprint density at radius 1 is 1.29 bits per heavy atom. The second kappa shape index (κ2) is 6.78. The Labute approximate surface area is 131 Å². The number of hydrogen-bond acceptors (Lipinski definition) is 4. The summed E-state index contributed by atoms with van der Waals surface area (Å²) in [4.78, 5) is 25.3. The van der Waals surface area contributed by atoms with E-state index in [1.807, 2.05) is 36.6 Å². The number of benzene rings is 1. The van der Waals surface area contributed by atoms with Crippen LogP contribution in [0.15, 0.2) is 40.6 Å². The molecule has 0 radical (unpaired) electrons. The third-order valence-electron chi connectivity index (χ3n) is 2.93. The summed E-state index contributed by atoms with van der Waals surface area (Å²) < 4.78 is 0.734. The highest BCUT2D eigenvalue weighted by molar-refractivity contribution is 8.00. The van der Waals surface area contributed by atoms with Crippen molar-refractivity contribution in [1.82, 2.24) is 4.90 Å². The highest BCUT2D eigenvalue weighted by atomic mass is 32.2. The largest absolute Gasteiger partial charge is 0.477 e. The summed E-state index contributed by atoms with van der Waals surface area (Å²) in [6.07, 6.45) is 1.84. The fourth-order valence-corrected chi connectivity index (χ4v) is 3.60. The van der Waals surface area contributed by atoms with Crippen LogP contribution in [0.1, 0.15) is 25.6 Å². The lowest BCUT2D eigenvalue weighted by Gasteiger charge is -2.17. The topological polar surface area (TPSA) is 57.6 Å². The van der Waals surface area contributed by atoms with Gasteiger partial charge in [-0.1, -0.05) is 30.3 Å². The number of nitrogens with zero attached hydrogens (tertiary/aromatic N) is 1. The fourth-order valence-electron chi connectivity index (χ4n) is 1.92. The maximum atomic E-state index is 12.5. The minimum atomic E-state index is -1.000. The average molecular weight is 321 g/mol. The predicted octanol–water partition coefficient (Wildman–Crippen LogP) is 3.44. The molecule has 1 aromatic carbocycles. The van der Waals surface area contributed by atoms with Crippen molar-refractivity contribution in [3.63, 3.8) is 0 Å². The smallest absolute Gasteiger partial charge is 0.345 e. The van der Waals surface area contributed by atoms with E-state index in [0.29, 0.717) is 12.1 Å². The van der Waals surface area contributed by atoms with E-state index >= 15 is 0 Å². The van der Waals surface area contributed by atoms with Gasteiger partial charge in [0.25, 0.3) is 5.91 Å². The fraction of sp³-hybridized carbons (Fsp3) is 0.200. The number of carboxylic acids is 1. The first-order chi connectivity index (χ1) is 10.0. The van der Waals surface area contributed by atoms with Crippen LogP contribution in [0.5, 0.6) is 0 Å². The molecule has 0 aliphatic rings. The van der Waals surface area contributed by atoms with Crippen LogP contribution >= 0.6 is 23.1 Å². The Kier molecular flexibility index (Phi) is 5.03. The molecule has 0 spiro atoms. The summed E-state index contributed by atoms with van der Waals surface area (Å²) >= 11 is 2.53. The minimum absolute atomic E-state index is 0.160. The van der Waals surface area contributed by atoms with E-state index in [1.54, 1.807) is 11.9 Å². The minimum Gasteiger partial charge on any atom is -0.477 e. The Morgan fingerprint density at radius 2 is 1.95 bits per heavy atom. The number of aromatic carboxylic acids is 1. The summed E-state index contributed by atoms with van der Waals surface area (Å²) in [5, 5.41) is 9.05. The first-order valence-corrected chi connectivity index (χ1v) is 8.27. The quantitative estimate of drug-likeness (QED) is 0.857. The molecule has 0 aliphatic heterocycles. The van der Waals surface area contributed by atoms with Crippen molar-refractivity contribution >= 4 is 35.0 Å². The summed E-state index contributed by atoms with van der Waals surface area (Å²) in [5.41, 5.74) is 1.50. The molecule has 1 aromatic heterocycles. The lowest BCUT2D eigenvalue weighted by atomic mass is 10.2. The van der Waals surface area contributed by atoms with Gasteiger partial charge in [0.05, 0.1) is 9.77 Å². The average Bonchev–Trinajstić information content (AvgIpc) is 2.91. The molecule has 0 unspecified atom stereocenters. The molecule has 0 fully saturated rings. The molecule has 110 valence electrons. The third-order valence-corrected chi connectivity index (χ3v) is 5.19. The van der Waals surface area contributed by atoms with Crippen molar-refractivity contribution in [1.29, 1.82) is 0 Å². The molecule has 0 aliphatic carbocycles. The van der Waals surface area contributed by atoms with Gasteiger partial charge >= 0.3 is 5.97 Å². The van der Waals surface area contributed by atoms with Crippen LogP contribution in [-0.2, 0) is 6.54 Å². The summed E-state index contributed by atoms with van der Waals surface area (Å²) in [6, 6.07) is 11.1. The van der Waals surface area contributed by atoms with Crippen LogP contribution in [0.2, 0.25) is 0 Å². The summed E-state index contributed by atoms with van der Waals surface area (Å²) in [7, 11) is 1.72. The third kappa shape index (κ3) is 3.65. The standard InChI is InChI=1S/C15H15NO3S2/c1-16(9-10-6-4-3-5-7-10)13(17)11-8-12(14(18)19)21-15(11)20-2/h3-8H,9H2,1-2H3,(H,18,19). The van der Waals surface area contributed by atoms with E-state index in [9.17, 15) is 9.59 Å². The monoisotopic (exact) mass is 321 g/mol. The van der Waals surface area contributed by atoms with Gasteiger partial charge in [-0.15, -0.1) is 23.1 Å². The second-order valence-corrected chi connectivity index (χ2v) is 6.59. The first kappa shape index (κ1) is 15.6. The number of thioether (sulfide) groups is 1. The van der Waals surface area contributed by atoms with E-state index in [2.05, 4.69) is 0 Å². The van der Waals surface area contributed by atoms with E-state index in [-0.39, 0.29) is 10.8 Å². The summed E-state index contributed by atoms with van der Waals surface area (Å²) in [5.74, 6) is -1.16. The van der Waals surface area contributed by atoms with Gasteiger partial charge in [-0.25, -0.2) is 4.79 Å². The molecule has 1 heterocycles. The molecule has 2 rings (SSSR count). The highest BCUT2D eigenvalue weighted by Crippen LogP contribution is 2.31. The van der Waals surface area contributed by atoms with Gasteiger partial charge in [0.2, 0.25) is 0 Å². The summed E-state index contributed by atoms with van der Waals surface area (Å²) in [6.45, 7) is 0.492. The number of carbonyl (C=O) groups is 2. The van der Waals surface area contributed by atoms with Crippen LogP contribution in [0.3, 0.4) is 0 Å². The zero-order chi connectivity index (χ0) is 15.4. The molecule has 0 atom stereocenters. The maximum absolute atomic E-state index is 12.5. The Hall–Kier alpha value is -1.79. The van der Waals surface area contributed by atoms with Gasteiger partial charge in [0.1, 0.15) is 4.88 Å². The normalized spacial score (nSPS) is 10.4. The molecule has 0 saturated carbocycles. The van der Waals surface area contributed by atoms with Gasteiger partial charge in [0.15, 0.2) is 0 Å². The van der Waals surface area contributed by atoms with Crippen molar-refractivity contribution in [2.75, 3.05) is 13.3 Å². The Balaban J connectivity index is 2.21. The SMILES string of the molecule is CSc1sc(C(=O)O)cc1C(=O)N(C)Cc1ccccc1. The van der Waals surface area contributed by atoms with Crippen molar-refractivity contribution in [3.05, 3.63) is 52.4 Å². The highest BCUT2D eigenvalue weighted by Gasteiger charge is 2.21. The van der Waals surface area contributed by atoms with Crippen molar-refractivity contribution in [2.45, 2.75) is 10.8 Å². The second-order valence-electron chi connectivity index (χ2n) is 4.47. The lowest BCUT2D eigenvalue weighted by molar-refractivity contribution is 0.0702. The van der Waals surface area contributed by atoms with Crippen molar-refractivity contribution in [2.24, 2.45) is 0 Å². The van der Waals surface area contributed by atoms with E-state index in [1.165, 1.54) is 17.8 Å². The number of thiophene rings is 1. The lowest BCUT2D eigenvalue weighted by Crippen LogP contribution is -2.26. The Morgan fingerprint density at radius 3 is 2.52 bits per heavy atom. The number of carbonyl (C=O) groups excluding carboxylic acids is 1. The molecule has 1 N–H and O–H groups in total. The molecule has 1 amide bonds. The zero-order valence-corrected chi connectivity index (χ0v) is 13.3. The number of amides is 1. The van der Waals surface area contributed by atoms with E-state index in [4.69, 9.17) is 5.11 Å². The van der Waals surface area contributed by atoms with Crippen LogP contribution < -0.4 is 0 Å². The molecule has 0 saturated heterocycles. The van der Waals surface area contributed by atoms with Crippen LogP contribution in [0.25, 0.3) is 0 Å². The predicted molar refractivity (Wildman–Crippen MR) is 85.3 cm³/mol. The van der Waals surface area contributed by atoms with Crippen LogP contribution in [-0.4, -0.2) is 35.2 Å². The van der Waals surface area contributed by atoms with Gasteiger partial charge in [-0.05, 0) is 17.9 Å².